The summed E-state index contributed by atoms with van der Waals surface area (Å²) in [6.45, 7) is 1.07. The van der Waals surface area contributed by atoms with Gasteiger partial charge in [0.05, 0.1) is 7.11 Å². The van der Waals surface area contributed by atoms with Crippen LogP contribution in [-0.4, -0.2) is 44.6 Å². The van der Waals surface area contributed by atoms with Crippen LogP contribution in [0.2, 0.25) is 0 Å². The fourth-order valence-electron chi connectivity index (χ4n) is 2.65. The molecule has 0 spiro atoms. The lowest BCUT2D eigenvalue weighted by atomic mass is 9.97. The van der Waals surface area contributed by atoms with Gasteiger partial charge in [0.2, 0.25) is 10.0 Å². The Morgan fingerprint density at radius 1 is 1.48 bits per heavy atom. The number of benzene rings is 1. The van der Waals surface area contributed by atoms with Crippen LogP contribution in [0.4, 0.5) is 0 Å². The molecule has 2 rings (SSSR count). The molecule has 1 aliphatic rings. The zero-order chi connectivity index (χ0) is 15.5. The molecule has 0 radical (unpaired) electrons. The molecule has 1 aromatic rings. The first kappa shape index (κ1) is 16.7. The summed E-state index contributed by atoms with van der Waals surface area (Å²) in [5, 5.41) is 9.05. The third-order valence-corrected chi connectivity index (χ3v) is 6.14. The maximum atomic E-state index is 12.8. The van der Waals surface area contributed by atoms with Crippen LogP contribution in [0, 0.1) is 5.92 Å². The van der Waals surface area contributed by atoms with Crippen LogP contribution in [0.5, 0.6) is 5.75 Å². The number of piperidine rings is 1. The number of nitrogens with zero attached hydrogens (tertiary/aromatic N) is 1. The van der Waals surface area contributed by atoms with Gasteiger partial charge in [-0.1, -0.05) is 15.9 Å². The van der Waals surface area contributed by atoms with Gasteiger partial charge in [-0.15, -0.1) is 0 Å². The van der Waals surface area contributed by atoms with Crippen LogP contribution < -0.4 is 4.74 Å². The van der Waals surface area contributed by atoms with E-state index in [0.717, 1.165) is 12.8 Å². The van der Waals surface area contributed by atoms with E-state index in [1.807, 2.05) is 0 Å². The van der Waals surface area contributed by atoms with E-state index in [-0.39, 0.29) is 17.4 Å². The van der Waals surface area contributed by atoms with Crippen molar-refractivity contribution in [1.82, 2.24) is 4.31 Å². The van der Waals surface area contributed by atoms with E-state index in [1.54, 1.807) is 18.2 Å². The van der Waals surface area contributed by atoms with Crippen molar-refractivity contribution in [3.8, 4) is 5.75 Å². The van der Waals surface area contributed by atoms with Crippen molar-refractivity contribution < 1.29 is 18.3 Å². The summed E-state index contributed by atoms with van der Waals surface area (Å²) in [7, 11) is -2.12. The number of hydrogen-bond acceptors (Lipinski definition) is 4. The SMILES string of the molecule is COc1ccc(Br)cc1S(=O)(=O)N1CCCC(CCO)C1. The third kappa shape index (κ3) is 3.77. The fourth-order valence-corrected chi connectivity index (χ4v) is 4.90. The summed E-state index contributed by atoms with van der Waals surface area (Å²) in [5.41, 5.74) is 0. The standard InChI is InChI=1S/C14H20BrNO4S/c1-20-13-5-4-12(15)9-14(13)21(18,19)16-7-2-3-11(10-16)6-8-17/h4-5,9,11,17H,2-3,6-8,10H2,1H3. The number of aliphatic hydroxyl groups excluding tert-OH is 1. The summed E-state index contributed by atoms with van der Waals surface area (Å²) < 4.78 is 33.0. The fraction of sp³-hybridized carbons (Fsp3) is 0.571. The van der Waals surface area contributed by atoms with Crippen LogP contribution in [0.15, 0.2) is 27.6 Å². The van der Waals surface area contributed by atoms with Gasteiger partial charge >= 0.3 is 0 Å². The van der Waals surface area contributed by atoms with Crippen LogP contribution >= 0.6 is 15.9 Å². The lowest BCUT2D eigenvalue weighted by molar-refractivity contribution is 0.202. The summed E-state index contributed by atoms with van der Waals surface area (Å²) >= 11 is 3.31. The van der Waals surface area contributed by atoms with Gasteiger partial charge in [0, 0.05) is 24.2 Å². The van der Waals surface area contributed by atoms with Gasteiger partial charge in [-0.05, 0) is 43.4 Å². The number of ether oxygens (including phenoxy) is 1. The van der Waals surface area contributed by atoms with Crippen molar-refractivity contribution in [3.63, 3.8) is 0 Å². The van der Waals surface area contributed by atoms with E-state index in [9.17, 15) is 8.42 Å². The Bertz CT molecular complexity index is 589. The Hall–Kier alpha value is -0.630. The molecule has 1 N–H and O–H groups in total. The van der Waals surface area contributed by atoms with Crippen molar-refractivity contribution in [3.05, 3.63) is 22.7 Å². The maximum Gasteiger partial charge on any atom is 0.246 e. The summed E-state index contributed by atoms with van der Waals surface area (Å²) in [5.74, 6) is 0.569. The highest BCUT2D eigenvalue weighted by Gasteiger charge is 2.32. The first-order chi connectivity index (χ1) is 9.98. The molecule has 1 aromatic carbocycles. The van der Waals surface area contributed by atoms with Gasteiger partial charge in [-0.3, -0.25) is 0 Å². The van der Waals surface area contributed by atoms with Crippen molar-refractivity contribution in [2.24, 2.45) is 5.92 Å². The van der Waals surface area contributed by atoms with Crippen molar-refractivity contribution in [2.75, 3.05) is 26.8 Å². The largest absolute Gasteiger partial charge is 0.495 e. The third-order valence-electron chi connectivity index (χ3n) is 3.76. The van der Waals surface area contributed by atoms with E-state index in [2.05, 4.69) is 15.9 Å². The maximum absolute atomic E-state index is 12.8. The molecule has 1 atom stereocenters. The highest BCUT2D eigenvalue weighted by molar-refractivity contribution is 9.10. The normalized spacial score (nSPS) is 20.4. The van der Waals surface area contributed by atoms with Crippen molar-refractivity contribution in [1.29, 1.82) is 0 Å². The minimum Gasteiger partial charge on any atom is -0.495 e. The van der Waals surface area contributed by atoms with Gasteiger partial charge < -0.3 is 9.84 Å². The average Bonchev–Trinajstić information content (AvgIpc) is 2.48. The zero-order valence-corrected chi connectivity index (χ0v) is 14.4. The Morgan fingerprint density at radius 3 is 2.90 bits per heavy atom. The zero-order valence-electron chi connectivity index (χ0n) is 12.0. The van der Waals surface area contributed by atoms with Crippen molar-refractivity contribution in [2.45, 2.75) is 24.2 Å². The van der Waals surface area contributed by atoms with E-state index in [0.29, 0.717) is 29.7 Å². The summed E-state index contributed by atoms with van der Waals surface area (Å²) in [6.07, 6.45) is 2.42. The van der Waals surface area contributed by atoms with Crippen molar-refractivity contribution >= 4 is 26.0 Å². The van der Waals surface area contributed by atoms with E-state index in [4.69, 9.17) is 9.84 Å². The topological polar surface area (TPSA) is 66.8 Å². The predicted octanol–water partition coefficient (Wildman–Crippen LogP) is 2.24. The molecule has 1 saturated heterocycles. The smallest absolute Gasteiger partial charge is 0.246 e. The van der Waals surface area contributed by atoms with Crippen LogP contribution in [0.1, 0.15) is 19.3 Å². The molecular weight excluding hydrogens is 358 g/mol. The molecule has 1 unspecified atom stereocenters. The first-order valence-corrected chi connectivity index (χ1v) is 9.17. The number of hydrogen-bond donors (Lipinski definition) is 1. The van der Waals surface area contributed by atoms with Gasteiger partial charge in [0.1, 0.15) is 10.6 Å². The molecule has 0 amide bonds. The lowest BCUT2D eigenvalue weighted by Crippen LogP contribution is -2.40. The van der Waals surface area contributed by atoms with E-state index in [1.165, 1.54) is 11.4 Å². The number of methoxy groups -OCH3 is 1. The second kappa shape index (κ2) is 7.09. The Morgan fingerprint density at radius 2 is 2.24 bits per heavy atom. The van der Waals surface area contributed by atoms with Gasteiger partial charge in [-0.2, -0.15) is 4.31 Å². The predicted molar refractivity (Wildman–Crippen MR) is 83.9 cm³/mol. The van der Waals surface area contributed by atoms with Crippen LogP contribution in [0.3, 0.4) is 0 Å². The molecule has 0 aliphatic carbocycles. The van der Waals surface area contributed by atoms with E-state index < -0.39 is 10.0 Å². The molecule has 0 saturated carbocycles. The minimum atomic E-state index is -3.58. The molecule has 1 aliphatic heterocycles. The monoisotopic (exact) mass is 377 g/mol. The Balaban J connectivity index is 2.31. The van der Waals surface area contributed by atoms with Crippen LogP contribution in [0.25, 0.3) is 0 Å². The molecule has 1 heterocycles. The molecule has 0 aromatic heterocycles. The van der Waals surface area contributed by atoms with E-state index >= 15 is 0 Å². The second-order valence-corrected chi connectivity index (χ2v) is 8.00. The molecule has 1 fully saturated rings. The Kier molecular flexibility index (Phi) is 5.65. The molecule has 7 heteroatoms. The molecular formula is C14H20BrNO4S. The number of rotatable bonds is 5. The number of sulfonamides is 1. The summed E-state index contributed by atoms with van der Waals surface area (Å²) in [6, 6.07) is 4.97. The lowest BCUT2D eigenvalue weighted by Gasteiger charge is -2.32. The highest BCUT2D eigenvalue weighted by atomic mass is 79.9. The molecule has 0 bridgehead atoms. The minimum absolute atomic E-state index is 0.0960. The molecule has 118 valence electrons. The first-order valence-electron chi connectivity index (χ1n) is 6.93. The average molecular weight is 378 g/mol. The highest BCUT2D eigenvalue weighted by Crippen LogP contribution is 2.32. The van der Waals surface area contributed by atoms with Crippen LogP contribution in [-0.2, 0) is 10.0 Å². The molecule has 21 heavy (non-hydrogen) atoms. The van der Waals surface area contributed by atoms with Gasteiger partial charge in [-0.25, -0.2) is 8.42 Å². The van der Waals surface area contributed by atoms with Gasteiger partial charge in [0.15, 0.2) is 0 Å². The number of aliphatic hydroxyl groups is 1. The summed E-state index contributed by atoms with van der Waals surface area (Å²) in [4.78, 5) is 0.184. The molecule has 5 nitrogen and oxygen atoms in total. The van der Waals surface area contributed by atoms with Gasteiger partial charge in [0.25, 0.3) is 0 Å². The quantitative estimate of drug-likeness (QED) is 0.854. The number of halogens is 1. The Labute approximate surface area is 134 Å². The second-order valence-electron chi connectivity index (χ2n) is 5.18.